The Morgan fingerprint density at radius 3 is 2.62 bits per heavy atom. The molecule has 2 aromatic rings. The minimum atomic E-state index is -4.63. The molecule has 0 amide bonds. The van der Waals surface area contributed by atoms with Crippen molar-refractivity contribution in [3.8, 4) is 0 Å². The summed E-state index contributed by atoms with van der Waals surface area (Å²) in [5.74, 6) is -1.14. The molecule has 1 atom stereocenters. The van der Waals surface area contributed by atoms with Crippen molar-refractivity contribution < 1.29 is 18.3 Å². The van der Waals surface area contributed by atoms with Crippen LogP contribution in [0, 0.1) is 0 Å². The maximum Gasteiger partial charge on any atom is 0.451 e. The van der Waals surface area contributed by atoms with Crippen molar-refractivity contribution in [3.63, 3.8) is 0 Å². The molecule has 0 aliphatic heterocycles. The maximum atomic E-state index is 12.9. The summed E-state index contributed by atoms with van der Waals surface area (Å²) in [6.07, 6.45) is -4.07. The number of nitrogens with one attached hydrogen (secondary N) is 1. The molecule has 114 valence electrons. The molecule has 4 nitrogen and oxygen atoms in total. The Morgan fingerprint density at radius 1 is 1.33 bits per heavy atom. The van der Waals surface area contributed by atoms with E-state index in [2.05, 4.69) is 31.2 Å². The van der Waals surface area contributed by atoms with Gasteiger partial charge in [-0.05, 0) is 24.6 Å². The van der Waals surface area contributed by atoms with E-state index in [1.807, 2.05) is 6.92 Å². The Kier molecular flexibility index (Phi) is 4.67. The van der Waals surface area contributed by atoms with E-state index in [1.54, 1.807) is 12.1 Å². The minimum Gasteiger partial charge on any atom is -0.394 e. The van der Waals surface area contributed by atoms with Crippen LogP contribution in [0.15, 0.2) is 22.7 Å². The SMILES string of the molecule is CCC(CO)Nc1nc(C(F)(F)F)nc2ccc(Br)cc12. The van der Waals surface area contributed by atoms with E-state index in [9.17, 15) is 18.3 Å². The van der Waals surface area contributed by atoms with Crippen LogP contribution in [0.4, 0.5) is 19.0 Å². The van der Waals surface area contributed by atoms with E-state index in [1.165, 1.54) is 6.07 Å². The second kappa shape index (κ2) is 6.15. The second-order valence-electron chi connectivity index (χ2n) is 4.49. The molecule has 0 bridgehead atoms. The molecule has 0 spiro atoms. The number of nitrogens with zero attached hydrogens (tertiary/aromatic N) is 2. The first-order valence-electron chi connectivity index (χ1n) is 6.27. The highest BCUT2D eigenvalue weighted by molar-refractivity contribution is 9.10. The molecule has 0 fully saturated rings. The summed E-state index contributed by atoms with van der Waals surface area (Å²) in [5, 5.41) is 12.5. The number of fused-ring (bicyclic) bond motifs is 1. The Morgan fingerprint density at radius 2 is 2.05 bits per heavy atom. The standard InChI is InChI=1S/C13H13BrF3N3O/c1-2-8(6-21)18-11-9-5-7(14)3-4-10(9)19-12(20-11)13(15,16)17/h3-5,8,21H,2,6H2,1H3,(H,18,19,20). The number of alkyl halides is 3. The third-order valence-electron chi connectivity index (χ3n) is 2.97. The monoisotopic (exact) mass is 363 g/mol. The van der Waals surface area contributed by atoms with Crippen LogP contribution >= 0.6 is 15.9 Å². The van der Waals surface area contributed by atoms with Gasteiger partial charge in [-0.1, -0.05) is 22.9 Å². The quantitative estimate of drug-likeness (QED) is 0.871. The average Bonchev–Trinajstić information content (AvgIpc) is 2.43. The number of hydrogen-bond acceptors (Lipinski definition) is 4. The summed E-state index contributed by atoms with van der Waals surface area (Å²) in [7, 11) is 0. The molecule has 2 rings (SSSR count). The summed E-state index contributed by atoms with van der Waals surface area (Å²) in [4.78, 5) is 7.12. The van der Waals surface area contributed by atoms with Crippen molar-refractivity contribution in [2.24, 2.45) is 0 Å². The van der Waals surface area contributed by atoms with Gasteiger partial charge >= 0.3 is 6.18 Å². The Balaban J connectivity index is 2.60. The number of aliphatic hydroxyl groups is 1. The number of benzene rings is 1. The fourth-order valence-electron chi connectivity index (χ4n) is 1.81. The van der Waals surface area contributed by atoms with Crippen LogP contribution in [-0.2, 0) is 6.18 Å². The van der Waals surface area contributed by atoms with Gasteiger partial charge < -0.3 is 10.4 Å². The summed E-state index contributed by atoms with van der Waals surface area (Å²) >= 11 is 3.27. The molecule has 21 heavy (non-hydrogen) atoms. The van der Waals surface area contributed by atoms with E-state index >= 15 is 0 Å². The van der Waals surface area contributed by atoms with E-state index < -0.39 is 12.0 Å². The molecule has 0 aliphatic carbocycles. The topological polar surface area (TPSA) is 58.0 Å². The summed E-state index contributed by atoms with van der Waals surface area (Å²) in [6.45, 7) is 1.62. The number of aromatic nitrogens is 2. The predicted octanol–water partition coefficient (Wildman–Crippen LogP) is 3.59. The summed E-state index contributed by atoms with van der Waals surface area (Å²) in [6, 6.07) is 4.37. The van der Waals surface area contributed by atoms with Gasteiger partial charge in [0.25, 0.3) is 0 Å². The van der Waals surface area contributed by atoms with Gasteiger partial charge in [-0.2, -0.15) is 13.2 Å². The molecule has 0 radical (unpaired) electrons. The third-order valence-corrected chi connectivity index (χ3v) is 3.46. The molecule has 1 unspecified atom stereocenters. The summed E-state index contributed by atoms with van der Waals surface area (Å²) < 4.78 is 39.3. The normalized spacial score (nSPS) is 13.4. The molecule has 0 saturated heterocycles. The van der Waals surface area contributed by atoms with Gasteiger partial charge in [0.2, 0.25) is 5.82 Å². The van der Waals surface area contributed by atoms with Crippen LogP contribution < -0.4 is 5.32 Å². The molecule has 0 saturated carbocycles. The van der Waals surface area contributed by atoms with Gasteiger partial charge in [0.15, 0.2) is 0 Å². The molecule has 2 N–H and O–H groups in total. The van der Waals surface area contributed by atoms with E-state index in [0.717, 1.165) is 0 Å². The zero-order valence-corrected chi connectivity index (χ0v) is 12.7. The fourth-order valence-corrected chi connectivity index (χ4v) is 2.17. The van der Waals surface area contributed by atoms with Gasteiger partial charge in [-0.25, -0.2) is 9.97 Å². The van der Waals surface area contributed by atoms with Gasteiger partial charge in [-0.15, -0.1) is 0 Å². The van der Waals surface area contributed by atoms with Crippen LogP contribution in [0.1, 0.15) is 19.2 Å². The van der Waals surface area contributed by atoms with Crippen molar-refractivity contribution in [2.75, 3.05) is 11.9 Å². The lowest BCUT2D eigenvalue weighted by Crippen LogP contribution is -2.24. The zero-order chi connectivity index (χ0) is 15.6. The molecular weight excluding hydrogens is 351 g/mol. The largest absolute Gasteiger partial charge is 0.451 e. The highest BCUT2D eigenvalue weighted by Crippen LogP contribution is 2.31. The number of rotatable bonds is 4. The summed E-state index contributed by atoms with van der Waals surface area (Å²) in [5.41, 5.74) is 0.191. The predicted molar refractivity (Wildman–Crippen MR) is 77.0 cm³/mol. The van der Waals surface area contributed by atoms with E-state index in [4.69, 9.17) is 0 Å². The van der Waals surface area contributed by atoms with Gasteiger partial charge in [0.05, 0.1) is 18.2 Å². The van der Waals surface area contributed by atoms with E-state index in [-0.39, 0.29) is 24.0 Å². The van der Waals surface area contributed by atoms with Gasteiger partial charge in [0, 0.05) is 9.86 Å². The van der Waals surface area contributed by atoms with Crippen LogP contribution in [0.3, 0.4) is 0 Å². The van der Waals surface area contributed by atoms with Crippen molar-refractivity contribution >= 4 is 32.7 Å². The first-order chi connectivity index (χ1) is 9.85. The number of halogens is 4. The van der Waals surface area contributed by atoms with Gasteiger partial charge in [-0.3, -0.25) is 0 Å². The third kappa shape index (κ3) is 3.62. The smallest absolute Gasteiger partial charge is 0.394 e. The molecule has 1 aromatic carbocycles. The van der Waals surface area contributed by atoms with Crippen molar-refractivity contribution in [3.05, 3.63) is 28.5 Å². The lowest BCUT2D eigenvalue weighted by atomic mass is 10.2. The van der Waals surface area contributed by atoms with Crippen LogP contribution in [0.2, 0.25) is 0 Å². The number of aliphatic hydroxyl groups excluding tert-OH is 1. The Bertz CT molecular complexity index is 644. The van der Waals surface area contributed by atoms with Crippen LogP contribution in [0.5, 0.6) is 0 Å². The average molecular weight is 364 g/mol. The molecule has 1 heterocycles. The number of hydrogen-bond donors (Lipinski definition) is 2. The number of anilines is 1. The van der Waals surface area contributed by atoms with Crippen molar-refractivity contribution in [1.29, 1.82) is 0 Å². The minimum absolute atomic E-state index is 0.0644. The van der Waals surface area contributed by atoms with Crippen molar-refractivity contribution in [2.45, 2.75) is 25.6 Å². The van der Waals surface area contributed by atoms with Crippen molar-refractivity contribution in [1.82, 2.24) is 9.97 Å². The second-order valence-corrected chi connectivity index (χ2v) is 5.40. The van der Waals surface area contributed by atoms with Crippen LogP contribution in [-0.4, -0.2) is 27.7 Å². The Labute approximate surface area is 127 Å². The molecule has 0 aliphatic rings. The molecule has 8 heteroatoms. The highest BCUT2D eigenvalue weighted by Gasteiger charge is 2.35. The van der Waals surface area contributed by atoms with Gasteiger partial charge in [0.1, 0.15) is 5.82 Å². The van der Waals surface area contributed by atoms with E-state index in [0.29, 0.717) is 16.3 Å². The lowest BCUT2D eigenvalue weighted by Gasteiger charge is -2.17. The lowest BCUT2D eigenvalue weighted by molar-refractivity contribution is -0.144. The fraction of sp³-hybridized carbons (Fsp3) is 0.385. The first kappa shape index (κ1) is 16.0. The van der Waals surface area contributed by atoms with Crippen LogP contribution in [0.25, 0.3) is 10.9 Å². The maximum absolute atomic E-state index is 12.9. The molecule has 1 aromatic heterocycles. The highest BCUT2D eigenvalue weighted by atomic mass is 79.9. The first-order valence-corrected chi connectivity index (χ1v) is 7.06. The molecular formula is C13H13BrF3N3O. The Hall–Kier alpha value is -1.41. The zero-order valence-electron chi connectivity index (χ0n) is 11.1.